The average Bonchev–Trinajstić information content (AvgIpc) is 3.22. The van der Waals surface area contributed by atoms with Crippen LogP contribution in [0.1, 0.15) is 35.5 Å². The molecule has 0 bridgehead atoms. The monoisotopic (exact) mass is 435 g/mol. The molecule has 0 spiro atoms. The van der Waals surface area contributed by atoms with Crippen molar-refractivity contribution in [2.24, 2.45) is 5.92 Å². The van der Waals surface area contributed by atoms with Gasteiger partial charge in [0.1, 0.15) is 5.82 Å². The molecular formula is C24H26FN5O2. The fraction of sp³-hybridized carbons (Fsp3) is 0.417. The number of hydrogen-bond donors (Lipinski definition) is 0. The third-order valence-electron chi connectivity index (χ3n) is 6.35. The number of nitrogens with zero attached hydrogens (tertiary/aromatic N) is 5. The largest absolute Gasteiger partial charge is 0.356 e. The second kappa shape index (κ2) is 8.33. The first-order chi connectivity index (χ1) is 15.5. The maximum atomic E-state index is 13.3. The van der Waals surface area contributed by atoms with Crippen molar-refractivity contribution >= 4 is 11.9 Å². The minimum atomic E-state index is -0.295. The van der Waals surface area contributed by atoms with Crippen molar-refractivity contribution < 1.29 is 13.7 Å². The highest BCUT2D eigenvalue weighted by atomic mass is 19.1. The topological polar surface area (TPSA) is 75.4 Å². The Morgan fingerprint density at radius 3 is 2.44 bits per heavy atom. The van der Waals surface area contributed by atoms with Gasteiger partial charge in [-0.05, 0) is 57.0 Å². The molecule has 0 atom stereocenters. The predicted octanol–water partition coefficient (Wildman–Crippen LogP) is 3.69. The number of aryl methyl sites for hydroxylation is 2. The summed E-state index contributed by atoms with van der Waals surface area (Å²) in [6, 6.07) is 8.14. The molecule has 3 aromatic rings. The van der Waals surface area contributed by atoms with Crippen molar-refractivity contribution in [2.75, 3.05) is 24.5 Å². The number of aromatic nitrogens is 3. The van der Waals surface area contributed by atoms with Gasteiger partial charge < -0.3 is 14.3 Å². The first-order valence-corrected chi connectivity index (χ1v) is 11.1. The molecule has 166 valence electrons. The van der Waals surface area contributed by atoms with Crippen LogP contribution in [-0.2, 0) is 17.8 Å². The van der Waals surface area contributed by atoms with Crippen molar-refractivity contribution in [1.29, 1.82) is 0 Å². The standard InChI is InChI=1S/C24H26FN5O2/c1-15-13-16(2)27-24(26-15)29-10-7-18(8-11-29)23(31)30-12-9-21-20(14-30)22(32-28-21)17-3-5-19(25)6-4-17/h3-6,13,18H,7-12,14H2,1-2H3. The molecule has 1 saturated heterocycles. The lowest BCUT2D eigenvalue weighted by atomic mass is 9.93. The van der Waals surface area contributed by atoms with Crippen LogP contribution in [0.2, 0.25) is 0 Å². The van der Waals surface area contributed by atoms with Crippen LogP contribution in [0, 0.1) is 25.6 Å². The third-order valence-corrected chi connectivity index (χ3v) is 6.35. The van der Waals surface area contributed by atoms with Crippen LogP contribution in [0.4, 0.5) is 10.3 Å². The molecule has 0 saturated carbocycles. The Hall–Kier alpha value is -3.29. The molecule has 5 rings (SSSR count). The molecule has 1 fully saturated rings. The maximum absolute atomic E-state index is 13.3. The van der Waals surface area contributed by atoms with Gasteiger partial charge >= 0.3 is 0 Å². The van der Waals surface area contributed by atoms with E-state index in [1.165, 1.54) is 12.1 Å². The lowest BCUT2D eigenvalue weighted by Crippen LogP contribution is -2.44. The molecule has 0 radical (unpaired) electrons. The molecule has 0 unspecified atom stereocenters. The lowest BCUT2D eigenvalue weighted by Gasteiger charge is -2.35. The van der Waals surface area contributed by atoms with Crippen LogP contribution in [0.15, 0.2) is 34.9 Å². The summed E-state index contributed by atoms with van der Waals surface area (Å²) in [7, 11) is 0. The highest BCUT2D eigenvalue weighted by Crippen LogP contribution is 2.32. The first kappa shape index (κ1) is 20.6. The minimum Gasteiger partial charge on any atom is -0.356 e. The summed E-state index contributed by atoms with van der Waals surface area (Å²) in [6.45, 7) is 6.61. The fourth-order valence-corrected chi connectivity index (χ4v) is 4.66. The van der Waals surface area contributed by atoms with Gasteiger partial charge in [0.15, 0.2) is 5.76 Å². The zero-order chi connectivity index (χ0) is 22.2. The molecule has 1 aromatic carbocycles. The zero-order valence-corrected chi connectivity index (χ0v) is 18.3. The summed E-state index contributed by atoms with van der Waals surface area (Å²) in [5.41, 5.74) is 4.50. The van der Waals surface area contributed by atoms with Crippen LogP contribution in [0.25, 0.3) is 11.3 Å². The number of anilines is 1. The molecule has 2 aliphatic heterocycles. The van der Waals surface area contributed by atoms with E-state index in [0.29, 0.717) is 25.3 Å². The molecule has 0 N–H and O–H groups in total. The first-order valence-electron chi connectivity index (χ1n) is 11.1. The summed E-state index contributed by atoms with van der Waals surface area (Å²) in [5, 5.41) is 4.19. The van der Waals surface area contributed by atoms with Crippen molar-refractivity contribution in [3.8, 4) is 11.3 Å². The summed E-state index contributed by atoms with van der Waals surface area (Å²) in [5.74, 6) is 1.26. The number of amides is 1. The Kier molecular flexibility index (Phi) is 5.36. The van der Waals surface area contributed by atoms with Crippen LogP contribution in [-0.4, -0.2) is 45.6 Å². The van der Waals surface area contributed by atoms with Crippen molar-refractivity contribution in [3.05, 3.63) is 58.8 Å². The third kappa shape index (κ3) is 3.97. The van der Waals surface area contributed by atoms with Gasteiger partial charge in [0.25, 0.3) is 0 Å². The SMILES string of the molecule is Cc1cc(C)nc(N2CCC(C(=O)N3CCc4noc(-c5ccc(F)cc5)c4C3)CC2)n1. The predicted molar refractivity (Wildman–Crippen MR) is 117 cm³/mol. The van der Waals surface area contributed by atoms with E-state index in [1.54, 1.807) is 12.1 Å². The highest BCUT2D eigenvalue weighted by molar-refractivity contribution is 5.80. The van der Waals surface area contributed by atoms with Gasteiger partial charge in [-0.3, -0.25) is 4.79 Å². The molecular weight excluding hydrogens is 409 g/mol. The molecule has 8 heteroatoms. The van der Waals surface area contributed by atoms with Crippen molar-refractivity contribution in [2.45, 2.75) is 39.7 Å². The number of halogens is 1. The molecule has 7 nitrogen and oxygen atoms in total. The number of piperidine rings is 1. The molecule has 2 aliphatic rings. The summed E-state index contributed by atoms with van der Waals surface area (Å²) < 4.78 is 18.9. The van der Waals surface area contributed by atoms with Crippen LogP contribution in [0.3, 0.4) is 0 Å². The van der Waals surface area contributed by atoms with Gasteiger partial charge in [0.2, 0.25) is 11.9 Å². The summed E-state index contributed by atoms with van der Waals surface area (Å²) in [6.07, 6.45) is 2.24. The molecule has 2 aromatic heterocycles. The Morgan fingerprint density at radius 1 is 1.06 bits per heavy atom. The number of carbonyl (C=O) groups is 1. The summed E-state index contributed by atoms with van der Waals surface area (Å²) >= 11 is 0. The summed E-state index contributed by atoms with van der Waals surface area (Å²) in [4.78, 5) is 26.5. The number of carbonyl (C=O) groups excluding carboxylic acids is 1. The van der Waals surface area contributed by atoms with Gasteiger partial charge in [-0.2, -0.15) is 0 Å². The Morgan fingerprint density at radius 2 is 1.75 bits per heavy atom. The molecule has 1 amide bonds. The zero-order valence-electron chi connectivity index (χ0n) is 18.3. The van der Waals surface area contributed by atoms with E-state index in [-0.39, 0.29) is 17.6 Å². The normalized spacial score (nSPS) is 16.8. The van der Waals surface area contributed by atoms with E-state index >= 15 is 0 Å². The Balaban J connectivity index is 1.26. The highest BCUT2D eigenvalue weighted by Gasteiger charge is 2.33. The number of fused-ring (bicyclic) bond motifs is 1. The van der Waals surface area contributed by atoms with Gasteiger partial charge in [-0.25, -0.2) is 14.4 Å². The quantitative estimate of drug-likeness (QED) is 0.625. The van der Waals surface area contributed by atoms with Crippen molar-refractivity contribution in [3.63, 3.8) is 0 Å². The van der Waals surface area contributed by atoms with Crippen LogP contribution in [0.5, 0.6) is 0 Å². The Bertz CT molecular complexity index is 1120. The fourth-order valence-electron chi connectivity index (χ4n) is 4.66. The smallest absolute Gasteiger partial charge is 0.226 e. The van der Waals surface area contributed by atoms with Gasteiger partial charge in [-0.15, -0.1) is 0 Å². The number of hydrogen-bond acceptors (Lipinski definition) is 6. The van der Waals surface area contributed by atoms with Gasteiger partial charge in [-0.1, -0.05) is 5.16 Å². The minimum absolute atomic E-state index is 0.00663. The van der Waals surface area contributed by atoms with Crippen LogP contribution < -0.4 is 4.90 Å². The van der Waals surface area contributed by atoms with E-state index in [9.17, 15) is 9.18 Å². The molecule has 32 heavy (non-hydrogen) atoms. The number of benzene rings is 1. The van der Waals surface area contributed by atoms with E-state index in [1.807, 2.05) is 24.8 Å². The van der Waals surface area contributed by atoms with E-state index in [2.05, 4.69) is 20.0 Å². The number of rotatable bonds is 3. The van der Waals surface area contributed by atoms with E-state index < -0.39 is 0 Å². The second-order valence-corrected chi connectivity index (χ2v) is 8.67. The van der Waals surface area contributed by atoms with Gasteiger partial charge in [0, 0.05) is 54.5 Å². The van der Waals surface area contributed by atoms with Crippen LogP contribution >= 0.6 is 0 Å². The van der Waals surface area contributed by atoms with E-state index in [4.69, 9.17) is 4.52 Å². The lowest BCUT2D eigenvalue weighted by molar-refractivity contribution is -0.137. The molecule has 0 aliphatic carbocycles. The second-order valence-electron chi connectivity index (χ2n) is 8.67. The Labute approximate surface area is 186 Å². The maximum Gasteiger partial charge on any atom is 0.226 e. The van der Waals surface area contributed by atoms with Gasteiger partial charge in [0.05, 0.1) is 12.2 Å². The van der Waals surface area contributed by atoms with Crippen molar-refractivity contribution in [1.82, 2.24) is 20.0 Å². The average molecular weight is 436 g/mol. The van der Waals surface area contributed by atoms with E-state index in [0.717, 1.165) is 60.1 Å². The molecule has 4 heterocycles.